The molecule has 2 aromatic rings. The van der Waals surface area contributed by atoms with E-state index in [0.717, 1.165) is 10.5 Å². The lowest BCUT2D eigenvalue weighted by molar-refractivity contribution is -0.115. The molecule has 0 spiro atoms. The molecule has 1 atom stereocenters. The Kier molecular flexibility index (Phi) is 6.13. The molecule has 0 aliphatic rings. The number of anilines is 1. The van der Waals surface area contributed by atoms with Gasteiger partial charge in [-0.1, -0.05) is 32.9 Å². The van der Waals surface area contributed by atoms with Gasteiger partial charge in [-0.05, 0) is 60.7 Å². The molecule has 138 valence electrons. The van der Waals surface area contributed by atoms with Crippen LogP contribution in [0.3, 0.4) is 0 Å². The Morgan fingerprint density at radius 3 is 2.23 bits per heavy atom. The Morgan fingerprint density at radius 2 is 1.69 bits per heavy atom. The number of hydrogen-bond donors (Lipinski definition) is 2. The monoisotopic (exact) mass is 370 g/mol. The van der Waals surface area contributed by atoms with Gasteiger partial charge in [-0.2, -0.15) is 0 Å². The smallest absolute Gasteiger partial charge is 0.248 e. The third-order valence-electron chi connectivity index (χ3n) is 4.16. The second kappa shape index (κ2) is 7.96. The second-order valence-corrected chi connectivity index (χ2v) is 8.80. The first-order valence-electron chi connectivity index (χ1n) is 8.56. The van der Waals surface area contributed by atoms with E-state index in [4.69, 9.17) is 5.73 Å². The molecule has 0 heterocycles. The Labute approximate surface area is 159 Å². The van der Waals surface area contributed by atoms with E-state index in [1.165, 1.54) is 5.56 Å². The maximum absolute atomic E-state index is 12.5. The number of hydrogen-bond acceptors (Lipinski definition) is 3. The molecule has 2 rings (SSSR count). The predicted molar refractivity (Wildman–Crippen MR) is 109 cm³/mol. The highest BCUT2D eigenvalue weighted by atomic mass is 32.2. The second-order valence-electron chi connectivity index (χ2n) is 7.42. The van der Waals surface area contributed by atoms with E-state index in [-0.39, 0.29) is 16.6 Å². The largest absolute Gasteiger partial charge is 0.366 e. The van der Waals surface area contributed by atoms with Gasteiger partial charge in [0.25, 0.3) is 0 Å². The Bertz CT molecular complexity index is 808. The highest BCUT2D eigenvalue weighted by molar-refractivity contribution is 8.00. The molecule has 2 amide bonds. The highest BCUT2D eigenvalue weighted by Crippen LogP contribution is 2.32. The van der Waals surface area contributed by atoms with Crippen LogP contribution in [0.25, 0.3) is 0 Å². The maximum Gasteiger partial charge on any atom is 0.248 e. The summed E-state index contributed by atoms with van der Waals surface area (Å²) in [6.07, 6.45) is 0. The lowest BCUT2D eigenvalue weighted by Crippen LogP contribution is -2.22. The molecule has 0 bridgehead atoms. The van der Waals surface area contributed by atoms with Gasteiger partial charge in [0.1, 0.15) is 0 Å². The van der Waals surface area contributed by atoms with Crippen molar-refractivity contribution in [1.82, 2.24) is 0 Å². The summed E-state index contributed by atoms with van der Waals surface area (Å²) >= 11 is 1.55. The molecule has 0 aliphatic heterocycles. The Hall–Kier alpha value is -2.27. The number of aryl methyl sites for hydroxylation is 1. The zero-order valence-corrected chi connectivity index (χ0v) is 16.7. The quantitative estimate of drug-likeness (QED) is 0.761. The lowest BCUT2D eigenvalue weighted by atomic mass is 9.87. The zero-order chi connectivity index (χ0) is 19.5. The van der Waals surface area contributed by atoms with Crippen molar-refractivity contribution in [2.75, 3.05) is 5.32 Å². The summed E-state index contributed by atoms with van der Waals surface area (Å²) in [6, 6.07) is 13.0. The number of benzene rings is 2. The van der Waals surface area contributed by atoms with E-state index in [9.17, 15) is 9.59 Å². The molecule has 4 nitrogen and oxygen atoms in total. The van der Waals surface area contributed by atoms with E-state index in [1.54, 1.807) is 36.0 Å². The van der Waals surface area contributed by atoms with Crippen LogP contribution in [0.4, 0.5) is 5.69 Å². The first-order chi connectivity index (χ1) is 12.1. The van der Waals surface area contributed by atoms with Crippen LogP contribution in [0, 0.1) is 6.92 Å². The molecule has 3 N–H and O–H groups in total. The van der Waals surface area contributed by atoms with Gasteiger partial charge in [-0.25, -0.2) is 0 Å². The van der Waals surface area contributed by atoms with Crippen LogP contribution < -0.4 is 11.1 Å². The number of carbonyl (C=O) groups excluding carboxylic acids is 2. The SMILES string of the molecule is Cc1ccc(C(C)(C)C)cc1S[C@@H](C)C(=O)Nc1ccc(C(N)=O)cc1. The Balaban J connectivity index is 2.08. The number of nitrogens with two attached hydrogens (primary N) is 1. The van der Waals surface area contributed by atoms with Gasteiger partial charge in [0.15, 0.2) is 0 Å². The van der Waals surface area contributed by atoms with Crippen LogP contribution in [-0.4, -0.2) is 17.1 Å². The minimum absolute atomic E-state index is 0.0662. The van der Waals surface area contributed by atoms with Crippen LogP contribution in [0.1, 0.15) is 49.2 Å². The van der Waals surface area contributed by atoms with E-state index in [2.05, 4.69) is 51.2 Å². The van der Waals surface area contributed by atoms with Gasteiger partial charge in [-0.3, -0.25) is 9.59 Å². The van der Waals surface area contributed by atoms with Crippen molar-refractivity contribution in [3.63, 3.8) is 0 Å². The van der Waals surface area contributed by atoms with E-state index >= 15 is 0 Å². The minimum Gasteiger partial charge on any atom is -0.366 e. The van der Waals surface area contributed by atoms with Crippen LogP contribution in [0.5, 0.6) is 0 Å². The molecule has 0 fully saturated rings. The standard InChI is InChI=1S/C21H26N2O2S/c1-13-6-9-16(21(3,4)5)12-18(13)26-14(2)20(25)23-17-10-7-15(8-11-17)19(22)24/h6-12,14H,1-5H3,(H2,22,24)(H,23,25)/t14-/m0/s1. The van der Waals surface area contributed by atoms with Crippen LogP contribution in [-0.2, 0) is 10.2 Å². The first-order valence-corrected chi connectivity index (χ1v) is 9.44. The third kappa shape index (κ3) is 5.11. The fraction of sp³-hybridized carbons (Fsp3) is 0.333. The lowest BCUT2D eigenvalue weighted by Gasteiger charge is -2.21. The first kappa shape index (κ1) is 20.0. The van der Waals surface area contributed by atoms with E-state index in [1.807, 2.05) is 6.92 Å². The summed E-state index contributed by atoms with van der Waals surface area (Å²) in [7, 11) is 0. The van der Waals surface area contributed by atoms with Gasteiger partial charge in [0, 0.05) is 16.1 Å². The van der Waals surface area contributed by atoms with E-state index in [0.29, 0.717) is 11.3 Å². The normalized spacial score (nSPS) is 12.5. The number of nitrogens with one attached hydrogen (secondary N) is 1. The van der Waals surface area contributed by atoms with Crippen molar-refractivity contribution < 1.29 is 9.59 Å². The predicted octanol–water partition coefficient (Wildman–Crippen LogP) is 4.51. The number of carbonyl (C=O) groups is 2. The summed E-state index contributed by atoms with van der Waals surface area (Å²) < 4.78 is 0. The highest BCUT2D eigenvalue weighted by Gasteiger charge is 2.19. The molecule has 26 heavy (non-hydrogen) atoms. The summed E-state index contributed by atoms with van der Waals surface area (Å²) in [5, 5.41) is 2.63. The summed E-state index contributed by atoms with van der Waals surface area (Å²) in [6.45, 7) is 10.5. The minimum atomic E-state index is -0.485. The summed E-state index contributed by atoms with van der Waals surface area (Å²) in [5.41, 5.74) is 8.77. The fourth-order valence-corrected chi connectivity index (χ4v) is 3.40. The zero-order valence-electron chi connectivity index (χ0n) is 15.9. The average Bonchev–Trinajstić information content (AvgIpc) is 2.56. The summed E-state index contributed by atoms with van der Waals surface area (Å²) in [5.74, 6) is -0.566. The van der Waals surface area contributed by atoms with Gasteiger partial charge in [-0.15, -0.1) is 11.8 Å². The molecular formula is C21H26N2O2S. The van der Waals surface area contributed by atoms with Gasteiger partial charge in [0.2, 0.25) is 11.8 Å². The average molecular weight is 371 g/mol. The van der Waals surface area contributed by atoms with Crippen molar-refractivity contribution in [3.8, 4) is 0 Å². The number of rotatable bonds is 5. The molecule has 5 heteroatoms. The van der Waals surface area contributed by atoms with Gasteiger partial charge in [0.05, 0.1) is 5.25 Å². The summed E-state index contributed by atoms with van der Waals surface area (Å²) in [4.78, 5) is 24.7. The molecule has 0 aromatic heterocycles. The van der Waals surface area contributed by atoms with Crippen LogP contribution in [0.2, 0.25) is 0 Å². The molecule has 0 aliphatic carbocycles. The van der Waals surface area contributed by atoms with Crippen LogP contribution >= 0.6 is 11.8 Å². The number of primary amides is 1. The van der Waals surface area contributed by atoms with Crippen molar-refractivity contribution >= 4 is 29.3 Å². The van der Waals surface area contributed by atoms with Gasteiger partial charge >= 0.3 is 0 Å². The molecule has 0 saturated carbocycles. The molecule has 0 unspecified atom stereocenters. The topological polar surface area (TPSA) is 72.2 Å². The van der Waals surface area contributed by atoms with E-state index < -0.39 is 5.91 Å². The third-order valence-corrected chi connectivity index (χ3v) is 5.43. The van der Waals surface area contributed by atoms with Crippen molar-refractivity contribution in [2.24, 2.45) is 5.73 Å². The molecular weight excluding hydrogens is 344 g/mol. The van der Waals surface area contributed by atoms with Crippen LogP contribution in [0.15, 0.2) is 47.4 Å². The number of thioether (sulfide) groups is 1. The molecule has 0 radical (unpaired) electrons. The van der Waals surface area contributed by atoms with Crippen molar-refractivity contribution in [3.05, 3.63) is 59.2 Å². The van der Waals surface area contributed by atoms with Crippen molar-refractivity contribution in [1.29, 1.82) is 0 Å². The van der Waals surface area contributed by atoms with Gasteiger partial charge < -0.3 is 11.1 Å². The number of amides is 2. The fourth-order valence-electron chi connectivity index (χ4n) is 2.40. The Morgan fingerprint density at radius 1 is 1.08 bits per heavy atom. The molecule has 2 aromatic carbocycles. The maximum atomic E-state index is 12.5. The molecule has 0 saturated heterocycles. The van der Waals surface area contributed by atoms with Crippen molar-refractivity contribution in [2.45, 2.75) is 50.2 Å².